The van der Waals surface area contributed by atoms with Crippen LogP contribution in [0, 0.1) is 0 Å². The number of hydrazone groups is 1. The van der Waals surface area contributed by atoms with Crippen molar-refractivity contribution in [2.45, 2.75) is 39.5 Å². The summed E-state index contributed by atoms with van der Waals surface area (Å²) in [4.78, 5) is 23.4. The van der Waals surface area contributed by atoms with Crippen LogP contribution in [0.3, 0.4) is 0 Å². The fourth-order valence-corrected chi connectivity index (χ4v) is 1.98. The molecular formula is C15H20BrN3O2. The van der Waals surface area contributed by atoms with E-state index in [9.17, 15) is 9.59 Å². The highest BCUT2D eigenvalue weighted by Crippen LogP contribution is 2.13. The Morgan fingerprint density at radius 1 is 1.05 bits per heavy atom. The molecule has 0 fully saturated rings. The number of carbonyl (C=O) groups is 2. The molecule has 0 aliphatic rings. The van der Waals surface area contributed by atoms with E-state index in [4.69, 9.17) is 0 Å². The Hall–Kier alpha value is -1.69. The van der Waals surface area contributed by atoms with E-state index in [0.717, 1.165) is 35.9 Å². The van der Waals surface area contributed by atoms with Gasteiger partial charge in [0, 0.05) is 15.9 Å². The Morgan fingerprint density at radius 3 is 2.14 bits per heavy atom. The van der Waals surface area contributed by atoms with E-state index in [-0.39, 0.29) is 0 Å². The molecule has 114 valence electrons. The summed E-state index contributed by atoms with van der Waals surface area (Å²) in [6, 6.07) is 6.98. The van der Waals surface area contributed by atoms with Crippen LogP contribution in [0.25, 0.3) is 0 Å². The van der Waals surface area contributed by atoms with E-state index in [2.05, 4.69) is 31.8 Å². The van der Waals surface area contributed by atoms with E-state index in [1.807, 2.05) is 13.8 Å². The summed E-state index contributed by atoms with van der Waals surface area (Å²) in [7, 11) is 0. The Kier molecular flexibility index (Phi) is 7.68. The highest BCUT2D eigenvalue weighted by molar-refractivity contribution is 9.10. The lowest BCUT2D eigenvalue weighted by Gasteiger charge is -2.06. The molecule has 2 N–H and O–H groups in total. The molecular weight excluding hydrogens is 334 g/mol. The van der Waals surface area contributed by atoms with Gasteiger partial charge < -0.3 is 5.32 Å². The topological polar surface area (TPSA) is 70.6 Å². The molecule has 1 aromatic carbocycles. The fourth-order valence-electron chi connectivity index (χ4n) is 1.72. The van der Waals surface area contributed by atoms with Crippen LogP contribution in [0.15, 0.2) is 33.8 Å². The normalized spacial score (nSPS) is 9.86. The summed E-state index contributed by atoms with van der Waals surface area (Å²) < 4.78 is 0.901. The van der Waals surface area contributed by atoms with Gasteiger partial charge in [-0.05, 0) is 37.1 Å². The minimum absolute atomic E-state index is 0.560. The van der Waals surface area contributed by atoms with E-state index in [1.165, 1.54) is 0 Å². The lowest BCUT2D eigenvalue weighted by atomic mass is 10.1. The van der Waals surface area contributed by atoms with Crippen LogP contribution < -0.4 is 10.7 Å². The third-order valence-corrected chi connectivity index (χ3v) is 3.23. The van der Waals surface area contributed by atoms with Gasteiger partial charge in [0.05, 0.1) is 0 Å². The SMILES string of the molecule is CCCC(CCC)=NNC(=O)C(=O)Nc1ccc(Br)cc1. The van der Waals surface area contributed by atoms with Crippen LogP contribution in [0.5, 0.6) is 0 Å². The molecule has 0 spiro atoms. The lowest BCUT2D eigenvalue weighted by molar-refractivity contribution is -0.136. The molecule has 6 heteroatoms. The van der Waals surface area contributed by atoms with Gasteiger partial charge in [0.2, 0.25) is 0 Å². The quantitative estimate of drug-likeness (QED) is 0.467. The molecule has 0 saturated carbocycles. The van der Waals surface area contributed by atoms with Gasteiger partial charge >= 0.3 is 11.8 Å². The van der Waals surface area contributed by atoms with Crippen molar-refractivity contribution in [1.29, 1.82) is 0 Å². The highest BCUT2D eigenvalue weighted by atomic mass is 79.9. The Balaban J connectivity index is 2.55. The minimum atomic E-state index is -0.761. The predicted octanol–water partition coefficient (Wildman–Crippen LogP) is 3.46. The standard InChI is InChI=1S/C15H20BrN3O2/c1-3-5-13(6-4-2)18-19-15(21)14(20)17-12-9-7-11(16)8-10-12/h7-10H,3-6H2,1-2H3,(H,17,20)(H,19,21). The summed E-state index contributed by atoms with van der Waals surface area (Å²) in [5, 5.41) is 6.54. The zero-order valence-corrected chi connectivity index (χ0v) is 13.9. The largest absolute Gasteiger partial charge is 0.329 e. The van der Waals surface area contributed by atoms with Crippen molar-refractivity contribution in [2.75, 3.05) is 5.32 Å². The molecule has 0 aromatic heterocycles. The number of anilines is 1. The second-order valence-corrected chi connectivity index (χ2v) is 5.50. The van der Waals surface area contributed by atoms with Gasteiger partial charge in [-0.15, -0.1) is 0 Å². The van der Waals surface area contributed by atoms with E-state index in [0.29, 0.717) is 5.69 Å². The second kappa shape index (κ2) is 9.28. The molecule has 0 heterocycles. The third kappa shape index (κ3) is 6.53. The summed E-state index contributed by atoms with van der Waals surface area (Å²) in [6.07, 6.45) is 3.56. The molecule has 0 aliphatic carbocycles. The van der Waals surface area contributed by atoms with Gasteiger partial charge in [0.1, 0.15) is 0 Å². The fraction of sp³-hybridized carbons (Fsp3) is 0.400. The monoisotopic (exact) mass is 353 g/mol. The zero-order chi connectivity index (χ0) is 15.7. The molecule has 0 unspecified atom stereocenters. The lowest BCUT2D eigenvalue weighted by Crippen LogP contribution is -2.33. The average molecular weight is 354 g/mol. The van der Waals surface area contributed by atoms with Crippen LogP contribution in [-0.2, 0) is 9.59 Å². The number of nitrogens with one attached hydrogen (secondary N) is 2. The second-order valence-electron chi connectivity index (χ2n) is 4.58. The number of benzene rings is 1. The molecule has 0 saturated heterocycles. The first kappa shape index (κ1) is 17.4. The molecule has 0 aliphatic heterocycles. The molecule has 5 nitrogen and oxygen atoms in total. The maximum absolute atomic E-state index is 11.7. The van der Waals surface area contributed by atoms with Crippen molar-refractivity contribution in [3.8, 4) is 0 Å². The average Bonchev–Trinajstić information content (AvgIpc) is 2.47. The number of hydrogen-bond donors (Lipinski definition) is 2. The smallest absolute Gasteiger partial charge is 0.318 e. The first-order valence-corrected chi connectivity index (χ1v) is 7.78. The van der Waals surface area contributed by atoms with Crippen LogP contribution in [0.4, 0.5) is 5.69 Å². The van der Waals surface area contributed by atoms with Crippen molar-refractivity contribution in [3.63, 3.8) is 0 Å². The van der Waals surface area contributed by atoms with Crippen molar-refractivity contribution >= 4 is 39.1 Å². The van der Waals surface area contributed by atoms with Crippen molar-refractivity contribution < 1.29 is 9.59 Å². The molecule has 0 bridgehead atoms. The number of hydrogen-bond acceptors (Lipinski definition) is 3. The molecule has 1 rings (SSSR count). The molecule has 0 radical (unpaired) electrons. The van der Waals surface area contributed by atoms with Crippen molar-refractivity contribution in [3.05, 3.63) is 28.7 Å². The molecule has 21 heavy (non-hydrogen) atoms. The van der Waals surface area contributed by atoms with Gasteiger partial charge in [0.15, 0.2) is 0 Å². The summed E-state index contributed by atoms with van der Waals surface area (Å²) in [5.74, 6) is -1.49. The predicted molar refractivity (Wildman–Crippen MR) is 88.2 cm³/mol. The van der Waals surface area contributed by atoms with Crippen LogP contribution >= 0.6 is 15.9 Å². The minimum Gasteiger partial charge on any atom is -0.318 e. The first-order chi connectivity index (χ1) is 10.1. The molecule has 1 aromatic rings. The van der Waals surface area contributed by atoms with Gasteiger partial charge in [-0.25, -0.2) is 5.43 Å². The van der Waals surface area contributed by atoms with Crippen molar-refractivity contribution in [2.24, 2.45) is 5.10 Å². The van der Waals surface area contributed by atoms with Gasteiger partial charge in [0.25, 0.3) is 0 Å². The van der Waals surface area contributed by atoms with Gasteiger partial charge in [-0.2, -0.15) is 5.10 Å². The number of nitrogens with zero attached hydrogens (tertiary/aromatic N) is 1. The van der Waals surface area contributed by atoms with Crippen LogP contribution in [-0.4, -0.2) is 17.5 Å². The van der Waals surface area contributed by atoms with Gasteiger partial charge in [-0.3, -0.25) is 9.59 Å². The Morgan fingerprint density at radius 2 is 1.62 bits per heavy atom. The molecule has 0 atom stereocenters. The maximum Gasteiger partial charge on any atom is 0.329 e. The van der Waals surface area contributed by atoms with Crippen LogP contribution in [0.2, 0.25) is 0 Å². The van der Waals surface area contributed by atoms with Gasteiger partial charge in [-0.1, -0.05) is 42.6 Å². The number of amides is 2. The third-order valence-electron chi connectivity index (χ3n) is 2.70. The Bertz CT molecular complexity index is 504. The van der Waals surface area contributed by atoms with E-state index < -0.39 is 11.8 Å². The number of rotatable bonds is 6. The van der Waals surface area contributed by atoms with E-state index >= 15 is 0 Å². The number of halogens is 1. The summed E-state index contributed by atoms with van der Waals surface area (Å²) in [6.45, 7) is 4.10. The first-order valence-electron chi connectivity index (χ1n) is 6.99. The zero-order valence-electron chi connectivity index (χ0n) is 12.3. The maximum atomic E-state index is 11.7. The van der Waals surface area contributed by atoms with E-state index in [1.54, 1.807) is 24.3 Å². The summed E-state index contributed by atoms with van der Waals surface area (Å²) in [5.41, 5.74) is 3.78. The number of carbonyl (C=O) groups excluding carboxylic acids is 2. The highest BCUT2D eigenvalue weighted by Gasteiger charge is 2.13. The summed E-state index contributed by atoms with van der Waals surface area (Å²) >= 11 is 3.30. The molecule has 2 amide bonds. The van der Waals surface area contributed by atoms with Crippen LogP contribution in [0.1, 0.15) is 39.5 Å². The van der Waals surface area contributed by atoms with Crippen molar-refractivity contribution in [1.82, 2.24) is 5.43 Å². The Labute approximate surface area is 133 Å².